The number of ether oxygens (including phenoxy) is 1. The maximum Gasteiger partial charge on any atom is 0.312 e. The number of benzene rings is 1. The highest BCUT2D eigenvalue weighted by Gasteiger charge is 2.22. The molecule has 1 unspecified atom stereocenters. The Morgan fingerprint density at radius 2 is 1.81 bits per heavy atom. The van der Waals surface area contributed by atoms with Crippen LogP contribution < -0.4 is 5.32 Å². The van der Waals surface area contributed by atoms with Gasteiger partial charge in [-0.05, 0) is 38.1 Å². The summed E-state index contributed by atoms with van der Waals surface area (Å²) in [6, 6.07) is 6.52. The molecule has 2 rings (SSSR count). The number of nitrogens with zero attached hydrogens (tertiary/aromatic N) is 1. The van der Waals surface area contributed by atoms with Gasteiger partial charge in [0, 0.05) is 22.0 Å². The summed E-state index contributed by atoms with van der Waals surface area (Å²) in [7, 11) is 0. The molecule has 0 fully saturated rings. The van der Waals surface area contributed by atoms with Crippen molar-refractivity contribution >= 4 is 34.7 Å². The molecule has 0 radical (unpaired) electrons. The average Bonchev–Trinajstić information content (AvgIpc) is 2.98. The fraction of sp³-hybridized carbons (Fsp3) is 0.400. The zero-order valence-electron chi connectivity index (χ0n) is 16.2. The van der Waals surface area contributed by atoms with E-state index in [0.29, 0.717) is 16.9 Å². The third-order valence-electron chi connectivity index (χ3n) is 3.78. The number of aryl methyl sites for hydroxylation is 1. The van der Waals surface area contributed by atoms with Gasteiger partial charge in [0.25, 0.3) is 0 Å². The number of carbonyl (C=O) groups is 3. The second kappa shape index (κ2) is 8.43. The van der Waals surface area contributed by atoms with Gasteiger partial charge in [0.15, 0.2) is 6.10 Å². The van der Waals surface area contributed by atoms with Crippen LogP contribution in [0.3, 0.4) is 0 Å². The molecule has 0 aliphatic rings. The Bertz CT molecular complexity index is 834. The van der Waals surface area contributed by atoms with Crippen molar-refractivity contribution < 1.29 is 19.1 Å². The molecule has 6 nitrogen and oxygen atoms in total. The molecule has 1 heterocycles. The first kappa shape index (κ1) is 20.8. The SMILES string of the molecule is Cc1nc(CC(=O)OC(C)C(=O)c2ccc(NC(=O)C(C)(C)C)cc2)cs1. The number of nitrogens with one attached hydrogen (secondary N) is 1. The molecule has 0 saturated carbocycles. The van der Waals surface area contributed by atoms with Crippen LogP contribution in [0, 0.1) is 12.3 Å². The third-order valence-corrected chi connectivity index (χ3v) is 4.60. The van der Waals surface area contributed by atoms with Gasteiger partial charge in [-0.15, -0.1) is 11.3 Å². The first-order chi connectivity index (χ1) is 12.6. The van der Waals surface area contributed by atoms with E-state index in [4.69, 9.17) is 4.74 Å². The number of carbonyl (C=O) groups excluding carboxylic acids is 3. The predicted molar refractivity (Wildman–Crippen MR) is 105 cm³/mol. The van der Waals surface area contributed by atoms with Crippen molar-refractivity contribution in [3.8, 4) is 0 Å². The van der Waals surface area contributed by atoms with Gasteiger partial charge < -0.3 is 10.1 Å². The summed E-state index contributed by atoms with van der Waals surface area (Å²) >= 11 is 1.46. The van der Waals surface area contributed by atoms with E-state index in [1.54, 1.807) is 36.6 Å². The molecule has 0 saturated heterocycles. The highest BCUT2D eigenvalue weighted by molar-refractivity contribution is 7.09. The van der Waals surface area contributed by atoms with Crippen LogP contribution in [0.5, 0.6) is 0 Å². The number of anilines is 1. The molecule has 1 aromatic carbocycles. The number of esters is 1. The maximum absolute atomic E-state index is 12.5. The minimum Gasteiger partial charge on any atom is -0.454 e. The molecular formula is C20H24N2O4S. The second-order valence-corrected chi connectivity index (χ2v) is 8.37. The number of amides is 1. The van der Waals surface area contributed by atoms with Crippen LogP contribution in [0.15, 0.2) is 29.6 Å². The van der Waals surface area contributed by atoms with Gasteiger partial charge >= 0.3 is 5.97 Å². The lowest BCUT2D eigenvalue weighted by molar-refractivity contribution is -0.145. The molecule has 7 heteroatoms. The molecule has 2 aromatic rings. The Morgan fingerprint density at radius 3 is 2.33 bits per heavy atom. The van der Waals surface area contributed by atoms with E-state index < -0.39 is 17.5 Å². The van der Waals surface area contributed by atoms with Crippen molar-refractivity contribution in [3.63, 3.8) is 0 Å². The molecule has 0 aliphatic heterocycles. The van der Waals surface area contributed by atoms with Crippen molar-refractivity contribution in [2.24, 2.45) is 5.41 Å². The summed E-state index contributed by atoms with van der Waals surface area (Å²) < 4.78 is 5.23. The normalized spacial score (nSPS) is 12.3. The van der Waals surface area contributed by atoms with E-state index in [1.807, 2.05) is 27.7 Å². The van der Waals surface area contributed by atoms with Gasteiger partial charge in [-0.3, -0.25) is 14.4 Å². The lowest BCUT2D eigenvalue weighted by atomic mass is 9.95. The Balaban J connectivity index is 1.94. The number of rotatable bonds is 6. The highest BCUT2D eigenvalue weighted by Crippen LogP contribution is 2.18. The zero-order chi connectivity index (χ0) is 20.2. The minimum atomic E-state index is -0.896. The van der Waals surface area contributed by atoms with E-state index in [9.17, 15) is 14.4 Å². The monoisotopic (exact) mass is 388 g/mol. The van der Waals surface area contributed by atoms with Gasteiger partial charge in [0.1, 0.15) is 0 Å². The highest BCUT2D eigenvalue weighted by atomic mass is 32.1. The number of Topliss-reactive ketones (excluding diaryl/α,β-unsaturated/α-hetero) is 1. The van der Waals surface area contributed by atoms with Gasteiger partial charge in [0.05, 0.1) is 17.1 Å². The van der Waals surface area contributed by atoms with Gasteiger partial charge in [-0.25, -0.2) is 4.98 Å². The molecule has 0 aliphatic carbocycles. The largest absolute Gasteiger partial charge is 0.454 e. The van der Waals surface area contributed by atoms with Crippen molar-refractivity contribution in [2.75, 3.05) is 5.32 Å². The lowest BCUT2D eigenvalue weighted by Gasteiger charge is -2.18. The van der Waals surface area contributed by atoms with E-state index in [-0.39, 0.29) is 18.1 Å². The number of ketones is 1. The van der Waals surface area contributed by atoms with Crippen molar-refractivity contribution in [3.05, 3.63) is 45.9 Å². The molecule has 1 aromatic heterocycles. The van der Waals surface area contributed by atoms with E-state index in [2.05, 4.69) is 10.3 Å². The fourth-order valence-corrected chi connectivity index (χ4v) is 2.81. The van der Waals surface area contributed by atoms with Crippen LogP contribution >= 0.6 is 11.3 Å². The summed E-state index contributed by atoms with van der Waals surface area (Å²) in [6.45, 7) is 8.87. The summed E-state index contributed by atoms with van der Waals surface area (Å²) in [4.78, 5) is 40.6. The van der Waals surface area contributed by atoms with E-state index in [0.717, 1.165) is 5.01 Å². The summed E-state index contributed by atoms with van der Waals surface area (Å²) in [5.41, 5.74) is 1.15. The molecule has 1 atom stereocenters. The summed E-state index contributed by atoms with van der Waals surface area (Å²) in [6.07, 6.45) is -0.855. The summed E-state index contributed by atoms with van der Waals surface area (Å²) in [5.74, 6) is -0.900. The van der Waals surface area contributed by atoms with Crippen LogP contribution in [0.25, 0.3) is 0 Å². The molecule has 0 bridgehead atoms. The van der Waals surface area contributed by atoms with Crippen LogP contribution in [-0.2, 0) is 20.7 Å². The van der Waals surface area contributed by atoms with Crippen LogP contribution in [0.2, 0.25) is 0 Å². The summed E-state index contributed by atoms with van der Waals surface area (Å²) in [5, 5.41) is 5.47. The van der Waals surface area contributed by atoms with Gasteiger partial charge in [-0.1, -0.05) is 20.8 Å². The third kappa shape index (κ3) is 5.99. The standard InChI is InChI=1S/C20H24N2O4S/c1-12(26-17(23)10-16-11-27-13(2)21-16)18(24)14-6-8-15(9-7-14)22-19(25)20(3,4)5/h6-9,11-12H,10H2,1-5H3,(H,22,25). The number of thiazole rings is 1. The number of hydrogen-bond acceptors (Lipinski definition) is 6. The molecule has 144 valence electrons. The number of aromatic nitrogens is 1. The average molecular weight is 388 g/mol. The molecule has 1 amide bonds. The van der Waals surface area contributed by atoms with Gasteiger partial charge in [0.2, 0.25) is 11.7 Å². The molecular weight excluding hydrogens is 364 g/mol. The van der Waals surface area contributed by atoms with Crippen molar-refractivity contribution in [2.45, 2.75) is 47.1 Å². The predicted octanol–water partition coefficient (Wildman–Crippen LogP) is 3.79. The first-order valence-corrected chi connectivity index (χ1v) is 9.50. The van der Waals surface area contributed by atoms with Crippen LogP contribution in [0.1, 0.15) is 48.8 Å². The zero-order valence-corrected chi connectivity index (χ0v) is 17.0. The van der Waals surface area contributed by atoms with E-state index in [1.165, 1.54) is 11.3 Å². The molecule has 27 heavy (non-hydrogen) atoms. The maximum atomic E-state index is 12.5. The Morgan fingerprint density at radius 1 is 1.19 bits per heavy atom. The first-order valence-electron chi connectivity index (χ1n) is 8.62. The Kier molecular flexibility index (Phi) is 6.49. The fourth-order valence-electron chi connectivity index (χ4n) is 2.20. The second-order valence-electron chi connectivity index (χ2n) is 7.31. The molecule has 0 spiro atoms. The van der Waals surface area contributed by atoms with Crippen LogP contribution in [0.4, 0.5) is 5.69 Å². The smallest absolute Gasteiger partial charge is 0.312 e. The van der Waals surface area contributed by atoms with Crippen molar-refractivity contribution in [1.29, 1.82) is 0 Å². The molecule has 1 N–H and O–H groups in total. The van der Waals surface area contributed by atoms with Gasteiger partial charge in [-0.2, -0.15) is 0 Å². The number of hydrogen-bond donors (Lipinski definition) is 1. The Hall–Kier alpha value is -2.54. The topological polar surface area (TPSA) is 85.4 Å². The minimum absolute atomic E-state index is 0.0414. The quantitative estimate of drug-likeness (QED) is 0.601. The lowest BCUT2D eigenvalue weighted by Crippen LogP contribution is -2.27. The van der Waals surface area contributed by atoms with Crippen LogP contribution in [-0.4, -0.2) is 28.7 Å². The van der Waals surface area contributed by atoms with Crippen molar-refractivity contribution in [1.82, 2.24) is 4.98 Å². The Labute approximate surface area is 163 Å². The van der Waals surface area contributed by atoms with E-state index >= 15 is 0 Å².